The minimum atomic E-state index is -3.20. The Balaban J connectivity index is 0.00000128. The van der Waals surface area contributed by atoms with Crippen LogP contribution in [0.25, 0.3) is 0 Å². The summed E-state index contributed by atoms with van der Waals surface area (Å²) in [4.78, 5) is 0. The minimum Gasteiger partial charge on any atom is -0.313 e. The third-order valence-corrected chi connectivity index (χ3v) is 5.32. The number of nitrogens with zero attached hydrogens (tertiary/aromatic N) is 2. The molecule has 0 amide bonds. The number of halogens is 1. The Morgan fingerprint density at radius 1 is 1.19 bits per heavy atom. The van der Waals surface area contributed by atoms with Gasteiger partial charge in [0.15, 0.2) is 0 Å². The van der Waals surface area contributed by atoms with Crippen LogP contribution < -0.4 is 5.32 Å². The van der Waals surface area contributed by atoms with E-state index in [0.29, 0.717) is 13.1 Å². The van der Waals surface area contributed by atoms with Crippen molar-refractivity contribution < 1.29 is 8.42 Å². The SMILES string of the molecule is CN(C1CNC1)S(=O)(=O)N1CCCCC1.Cl. The molecule has 7 heteroatoms. The first-order valence-electron chi connectivity index (χ1n) is 5.56. The average Bonchev–Trinajstić information content (AvgIpc) is 2.16. The molecule has 16 heavy (non-hydrogen) atoms. The van der Waals surface area contributed by atoms with E-state index >= 15 is 0 Å². The highest BCUT2D eigenvalue weighted by molar-refractivity contribution is 7.86. The van der Waals surface area contributed by atoms with Crippen LogP contribution in [0, 0.1) is 0 Å². The molecule has 2 aliphatic heterocycles. The summed E-state index contributed by atoms with van der Waals surface area (Å²) in [5.41, 5.74) is 0. The number of rotatable bonds is 3. The van der Waals surface area contributed by atoms with Crippen LogP contribution >= 0.6 is 12.4 Å². The van der Waals surface area contributed by atoms with E-state index in [1.165, 1.54) is 4.31 Å². The maximum atomic E-state index is 12.1. The molecule has 0 bridgehead atoms. The van der Waals surface area contributed by atoms with E-state index in [4.69, 9.17) is 0 Å². The Hall–Kier alpha value is 0.120. The molecule has 2 fully saturated rings. The van der Waals surface area contributed by atoms with Gasteiger partial charge in [0.05, 0.1) is 6.04 Å². The van der Waals surface area contributed by atoms with Gasteiger partial charge in [-0.1, -0.05) is 6.42 Å². The van der Waals surface area contributed by atoms with Gasteiger partial charge >= 0.3 is 0 Å². The molecule has 0 saturated carbocycles. The lowest BCUT2D eigenvalue weighted by molar-refractivity contribution is 0.243. The molecule has 2 aliphatic rings. The van der Waals surface area contributed by atoms with Gasteiger partial charge in [-0.15, -0.1) is 12.4 Å². The molecular formula is C9H20ClN3O2S. The first kappa shape index (κ1) is 14.2. The Labute approximate surface area is 104 Å². The van der Waals surface area contributed by atoms with E-state index in [-0.39, 0.29) is 18.4 Å². The molecule has 0 radical (unpaired) electrons. The Morgan fingerprint density at radius 2 is 1.75 bits per heavy atom. The van der Waals surface area contributed by atoms with Gasteiger partial charge in [-0.25, -0.2) is 0 Å². The van der Waals surface area contributed by atoms with Gasteiger partial charge in [0.1, 0.15) is 0 Å². The predicted octanol–water partition coefficient (Wildman–Crippen LogP) is 0.0425. The topological polar surface area (TPSA) is 52.7 Å². The Kier molecular flexibility index (Phi) is 5.00. The lowest BCUT2D eigenvalue weighted by Crippen LogP contribution is -2.60. The Morgan fingerprint density at radius 3 is 2.19 bits per heavy atom. The van der Waals surface area contributed by atoms with E-state index in [2.05, 4.69) is 5.32 Å². The largest absolute Gasteiger partial charge is 0.313 e. The summed E-state index contributed by atoms with van der Waals surface area (Å²) in [5.74, 6) is 0. The third kappa shape index (κ3) is 2.68. The first-order chi connectivity index (χ1) is 7.12. The number of hydrogen-bond acceptors (Lipinski definition) is 3. The molecule has 0 aliphatic carbocycles. The second-order valence-electron chi connectivity index (χ2n) is 4.30. The zero-order chi connectivity index (χ0) is 10.9. The van der Waals surface area contributed by atoms with Crippen molar-refractivity contribution in [3.8, 4) is 0 Å². The highest BCUT2D eigenvalue weighted by atomic mass is 35.5. The predicted molar refractivity (Wildman–Crippen MR) is 66.0 cm³/mol. The fourth-order valence-corrected chi connectivity index (χ4v) is 3.61. The van der Waals surface area contributed by atoms with E-state index < -0.39 is 10.2 Å². The summed E-state index contributed by atoms with van der Waals surface area (Å²) in [7, 11) is -1.51. The third-order valence-electron chi connectivity index (χ3n) is 3.28. The molecule has 0 atom stereocenters. The van der Waals surface area contributed by atoms with Gasteiger partial charge in [-0.05, 0) is 12.8 Å². The molecule has 1 N–H and O–H groups in total. The zero-order valence-electron chi connectivity index (χ0n) is 9.55. The van der Waals surface area contributed by atoms with Crippen LogP contribution in [-0.4, -0.2) is 56.3 Å². The van der Waals surface area contributed by atoms with Gasteiger partial charge in [0.2, 0.25) is 0 Å². The van der Waals surface area contributed by atoms with Crippen molar-refractivity contribution in [1.29, 1.82) is 0 Å². The van der Waals surface area contributed by atoms with Crippen LogP contribution in [0.5, 0.6) is 0 Å². The fourth-order valence-electron chi connectivity index (χ4n) is 2.00. The van der Waals surface area contributed by atoms with Crippen molar-refractivity contribution in [2.24, 2.45) is 0 Å². The number of likely N-dealkylation sites (N-methyl/N-ethyl adjacent to an activating group) is 1. The van der Waals surface area contributed by atoms with Crippen LogP contribution in [0.15, 0.2) is 0 Å². The van der Waals surface area contributed by atoms with Gasteiger partial charge in [-0.3, -0.25) is 0 Å². The van der Waals surface area contributed by atoms with Crippen molar-refractivity contribution in [3.05, 3.63) is 0 Å². The van der Waals surface area contributed by atoms with Gasteiger partial charge in [0, 0.05) is 33.2 Å². The average molecular weight is 270 g/mol. The summed E-state index contributed by atoms with van der Waals surface area (Å²) >= 11 is 0. The van der Waals surface area contributed by atoms with E-state index in [1.807, 2.05) is 0 Å². The maximum Gasteiger partial charge on any atom is 0.282 e. The molecular weight excluding hydrogens is 250 g/mol. The van der Waals surface area contributed by atoms with Crippen molar-refractivity contribution in [2.45, 2.75) is 25.3 Å². The molecule has 0 spiro atoms. The van der Waals surface area contributed by atoms with Crippen LogP contribution in [-0.2, 0) is 10.2 Å². The van der Waals surface area contributed by atoms with Crippen molar-refractivity contribution in [1.82, 2.24) is 13.9 Å². The normalized spacial score (nSPS) is 23.9. The first-order valence-corrected chi connectivity index (χ1v) is 6.96. The molecule has 2 rings (SSSR count). The van der Waals surface area contributed by atoms with Gasteiger partial charge < -0.3 is 5.32 Å². The lowest BCUT2D eigenvalue weighted by Gasteiger charge is -2.38. The highest BCUT2D eigenvalue weighted by Gasteiger charge is 2.34. The highest BCUT2D eigenvalue weighted by Crippen LogP contribution is 2.18. The van der Waals surface area contributed by atoms with Crippen LogP contribution in [0.4, 0.5) is 0 Å². The van der Waals surface area contributed by atoms with Gasteiger partial charge in [0.25, 0.3) is 10.2 Å². The Bertz CT molecular complexity index is 305. The van der Waals surface area contributed by atoms with Crippen molar-refractivity contribution in [3.63, 3.8) is 0 Å². The second kappa shape index (κ2) is 5.64. The van der Waals surface area contributed by atoms with Crippen LogP contribution in [0.1, 0.15) is 19.3 Å². The van der Waals surface area contributed by atoms with Gasteiger partial charge in [-0.2, -0.15) is 17.0 Å². The van der Waals surface area contributed by atoms with E-state index in [0.717, 1.165) is 32.4 Å². The molecule has 0 aromatic carbocycles. The minimum absolute atomic E-state index is 0. The summed E-state index contributed by atoms with van der Waals surface area (Å²) in [6.45, 7) is 2.94. The maximum absolute atomic E-state index is 12.1. The molecule has 2 heterocycles. The summed E-state index contributed by atoms with van der Waals surface area (Å²) in [6, 6.07) is 0.150. The molecule has 5 nitrogen and oxygen atoms in total. The smallest absolute Gasteiger partial charge is 0.282 e. The van der Waals surface area contributed by atoms with Crippen LogP contribution in [0.3, 0.4) is 0 Å². The van der Waals surface area contributed by atoms with E-state index in [1.54, 1.807) is 11.4 Å². The van der Waals surface area contributed by atoms with E-state index in [9.17, 15) is 8.42 Å². The number of piperidine rings is 1. The monoisotopic (exact) mass is 269 g/mol. The fraction of sp³-hybridized carbons (Fsp3) is 1.00. The molecule has 96 valence electrons. The number of nitrogens with one attached hydrogen (secondary N) is 1. The van der Waals surface area contributed by atoms with Crippen molar-refractivity contribution >= 4 is 22.6 Å². The molecule has 2 saturated heterocycles. The standard InChI is InChI=1S/C9H19N3O2S.ClH/c1-11(9-7-10-8-9)15(13,14)12-5-3-2-4-6-12;/h9-10H,2-8H2,1H3;1H. The second-order valence-corrected chi connectivity index (χ2v) is 6.28. The zero-order valence-corrected chi connectivity index (χ0v) is 11.2. The quantitative estimate of drug-likeness (QED) is 0.787. The molecule has 0 aromatic rings. The number of hydrogen-bond donors (Lipinski definition) is 1. The summed E-state index contributed by atoms with van der Waals surface area (Å²) in [5, 5.41) is 3.09. The van der Waals surface area contributed by atoms with Crippen LogP contribution in [0.2, 0.25) is 0 Å². The van der Waals surface area contributed by atoms with Crippen molar-refractivity contribution in [2.75, 3.05) is 33.2 Å². The molecule has 0 aromatic heterocycles. The summed E-state index contributed by atoms with van der Waals surface area (Å²) < 4.78 is 27.4. The summed E-state index contributed by atoms with van der Waals surface area (Å²) in [6.07, 6.45) is 3.15. The lowest BCUT2D eigenvalue weighted by atomic mass is 10.2. The molecule has 0 unspecified atom stereocenters.